The van der Waals surface area contributed by atoms with Crippen molar-refractivity contribution < 1.29 is 0 Å². The fourth-order valence-corrected chi connectivity index (χ4v) is 2.02. The van der Waals surface area contributed by atoms with E-state index < -0.39 is 0 Å². The van der Waals surface area contributed by atoms with Crippen LogP contribution in [0.15, 0.2) is 16.7 Å². The number of rotatable bonds is 2. The first kappa shape index (κ1) is 10.6. The third kappa shape index (κ3) is 1.91. The first-order chi connectivity index (χ1) is 7.11. The van der Waals surface area contributed by atoms with E-state index in [1.807, 2.05) is 4.52 Å². The number of hydrogen-bond acceptors (Lipinski definition) is 2. The van der Waals surface area contributed by atoms with Crippen molar-refractivity contribution in [3.63, 3.8) is 0 Å². The largest absolute Gasteiger partial charge is 0.212 e. The molecule has 0 saturated carbocycles. The second-order valence-electron chi connectivity index (χ2n) is 3.92. The molecule has 2 aromatic rings. The normalized spacial score (nSPS) is 11.5. The van der Waals surface area contributed by atoms with Gasteiger partial charge in [0.2, 0.25) is 0 Å². The summed E-state index contributed by atoms with van der Waals surface area (Å²) in [6.07, 6.45) is 0.866. The van der Waals surface area contributed by atoms with E-state index >= 15 is 0 Å². The molecule has 0 N–H and O–H groups in total. The summed E-state index contributed by atoms with van der Waals surface area (Å²) in [5, 5.41) is 4.39. The lowest BCUT2D eigenvalue weighted by Gasteiger charge is -2.06. The Morgan fingerprint density at radius 2 is 2.13 bits per heavy atom. The number of aromatic nitrogens is 3. The van der Waals surface area contributed by atoms with Gasteiger partial charge in [-0.25, -0.2) is 9.50 Å². The van der Waals surface area contributed by atoms with E-state index in [2.05, 4.69) is 58.9 Å². The van der Waals surface area contributed by atoms with Gasteiger partial charge in [-0.1, -0.05) is 20.8 Å². The molecule has 0 atom stereocenters. The van der Waals surface area contributed by atoms with Gasteiger partial charge in [-0.3, -0.25) is 0 Å². The Labute approximate surface area is 97.6 Å². The summed E-state index contributed by atoms with van der Waals surface area (Å²) in [5.41, 5.74) is 2.20. The van der Waals surface area contributed by atoms with Gasteiger partial charge in [-0.2, -0.15) is 5.10 Å². The number of hydrogen-bond donors (Lipinski definition) is 0. The molecule has 0 spiro atoms. The fraction of sp³-hybridized carbons (Fsp3) is 0.455. The SMILES string of the molecule is CCc1nc2cc(C(C)C)cc(Br)n2n1. The van der Waals surface area contributed by atoms with Gasteiger partial charge in [-0.15, -0.1) is 0 Å². The van der Waals surface area contributed by atoms with E-state index in [4.69, 9.17) is 0 Å². The molecule has 0 unspecified atom stereocenters. The van der Waals surface area contributed by atoms with Gasteiger partial charge in [0.15, 0.2) is 11.5 Å². The van der Waals surface area contributed by atoms with Gasteiger partial charge < -0.3 is 0 Å². The van der Waals surface area contributed by atoms with Crippen LogP contribution in [0.1, 0.15) is 38.1 Å². The van der Waals surface area contributed by atoms with Gasteiger partial charge in [0.1, 0.15) is 4.60 Å². The standard InChI is InChI=1S/C11H14BrN3/c1-4-10-13-11-6-8(7(2)3)5-9(12)15(11)14-10/h5-7H,4H2,1-3H3. The second-order valence-corrected chi connectivity index (χ2v) is 4.73. The van der Waals surface area contributed by atoms with Crippen LogP contribution in [0.2, 0.25) is 0 Å². The average molecular weight is 268 g/mol. The quantitative estimate of drug-likeness (QED) is 0.783. The third-order valence-corrected chi connectivity index (χ3v) is 3.01. The third-order valence-electron chi connectivity index (χ3n) is 2.44. The van der Waals surface area contributed by atoms with E-state index in [9.17, 15) is 0 Å². The van der Waals surface area contributed by atoms with Crippen LogP contribution in [0.4, 0.5) is 0 Å². The molecule has 15 heavy (non-hydrogen) atoms. The van der Waals surface area contributed by atoms with Crippen LogP contribution in [0.25, 0.3) is 5.65 Å². The number of halogens is 1. The molecule has 2 aromatic heterocycles. The zero-order valence-electron chi connectivity index (χ0n) is 9.16. The molecule has 0 bridgehead atoms. The fourth-order valence-electron chi connectivity index (χ4n) is 1.49. The molecule has 0 aliphatic rings. The summed E-state index contributed by atoms with van der Waals surface area (Å²) in [6.45, 7) is 6.41. The maximum atomic E-state index is 4.46. The second kappa shape index (κ2) is 3.93. The summed E-state index contributed by atoms with van der Waals surface area (Å²) in [4.78, 5) is 4.46. The highest BCUT2D eigenvalue weighted by Crippen LogP contribution is 2.21. The van der Waals surface area contributed by atoms with Crippen LogP contribution in [-0.4, -0.2) is 14.6 Å². The molecule has 2 heterocycles. The maximum absolute atomic E-state index is 4.46. The molecule has 0 aromatic carbocycles. The Kier molecular flexibility index (Phi) is 2.78. The number of pyridine rings is 1. The smallest absolute Gasteiger partial charge is 0.157 e. The van der Waals surface area contributed by atoms with E-state index in [0.29, 0.717) is 5.92 Å². The highest BCUT2D eigenvalue weighted by atomic mass is 79.9. The Balaban J connectivity index is 2.65. The number of nitrogens with zero attached hydrogens (tertiary/aromatic N) is 3. The van der Waals surface area contributed by atoms with Crippen LogP contribution in [0.3, 0.4) is 0 Å². The van der Waals surface area contributed by atoms with E-state index in [0.717, 1.165) is 22.5 Å². The predicted molar refractivity (Wildman–Crippen MR) is 64.2 cm³/mol. The minimum Gasteiger partial charge on any atom is -0.212 e. The molecule has 4 heteroatoms. The monoisotopic (exact) mass is 267 g/mol. The lowest BCUT2D eigenvalue weighted by atomic mass is 10.1. The topological polar surface area (TPSA) is 30.2 Å². The molecule has 0 fully saturated rings. The van der Waals surface area contributed by atoms with Crippen molar-refractivity contribution in [1.82, 2.24) is 14.6 Å². The average Bonchev–Trinajstić information content (AvgIpc) is 2.61. The lowest BCUT2D eigenvalue weighted by molar-refractivity contribution is 0.838. The van der Waals surface area contributed by atoms with Crippen LogP contribution in [-0.2, 0) is 6.42 Å². The van der Waals surface area contributed by atoms with Crippen LogP contribution < -0.4 is 0 Å². The van der Waals surface area contributed by atoms with Gasteiger partial charge in [-0.05, 0) is 39.5 Å². The first-order valence-electron chi connectivity index (χ1n) is 5.17. The molecule has 0 aliphatic heterocycles. The highest BCUT2D eigenvalue weighted by molar-refractivity contribution is 9.10. The van der Waals surface area contributed by atoms with Crippen LogP contribution >= 0.6 is 15.9 Å². The summed E-state index contributed by atoms with van der Waals surface area (Å²) in [7, 11) is 0. The minimum absolute atomic E-state index is 0.507. The van der Waals surface area contributed by atoms with Crippen molar-refractivity contribution in [1.29, 1.82) is 0 Å². The van der Waals surface area contributed by atoms with Crippen LogP contribution in [0.5, 0.6) is 0 Å². The summed E-state index contributed by atoms with van der Waals surface area (Å²) in [6, 6.07) is 4.20. The molecular formula is C11H14BrN3. The Morgan fingerprint density at radius 1 is 1.40 bits per heavy atom. The molecule has 0 amide bonds. The summed E-state index contributed by atoms with van der Waals surface area (Å²) >= 11 is 3.52. The van der Waals surface area contributed by atoms with Crippen molar-refractivity contribution in [3.05, 3.63) is 28.1 Å². The van der Waals surface area contributed by atoms with Gasteiger partial charge in [0, 0.05) is 6.42 Å². The molecular weight excluding hydrogens is 254 g/mol. The van der Waals surface area contributed by atoms with Gasteiger partial charge in [0.25, 0.3) is 0 Å². The predicted octanol–water partition coefficient (Wildman–Crippen LogP) is 3.18. The Morgan fingerprint density at radius 3 is 2.73 bits per heavy atom. The van der Waals surface area contributed by atoms with E-state index in [1.54, 1.807) is 0 Å². The van der Waals surface area contributed by atoms with Crippen molar-refractivity contribution in [3.8, 4) is 0 Å². The number of aryl methyl sites for hydroxylation is 1. The zero-order valence-corrected chi connectivity index (χ0v) is 10.7. The maximum Gasteiger partial charge on any atom is 0.157 e. The Hall–Kier alpha value is -0.900. The minimum atomic E-state index is 0.507. The Bertz CT molecular complexity index is 488. The van der Waals surface area contributed by atoms with Crippen molar-refractivity contribution in [2.24, 2.45) is 0 Å². The molecule has 3 nitrogen and oxygen atoms in total. The van der Waals surface area contributed by atoms with Crippen molar-refractivity contribution in [2.75, 3.05) is 0 Å². The van der Waals surface area contributed by atoms with E-state index in [-0.39, 0.29) is 0 Å². The molecule has 0 saturated heterocycles. The molecule has 0 radical (unpaired) electrons. The first-order valence-corrected chi connectivity index (χ1v) is 5.96. The summed E-state index contributed by atoms with van der Waals surface area (Å²) < 4.78 is 2.81. The molecule has 2 rings (SSSR count). The molecule has 0 aliphatic carbocycles. The van der Waals surface area contributed by atoms with E-state index in [1.165, 1.54) is 5.56 Å². The number of fused-ring (bicyclic) bond motifs is 1. The summed E-state index contributed by atoms with van der Waals surface area (Å²) in [5.74, 6) is 1.39. The van der Waals surface area contributed by atoms with Gasteiger partial charge >= 0.3 is 0 Å². The lowest BCUT2D eigenvalue weighted by Crippen LogP contribution is -1.95. The zero-order chi connectivity index (χ0) is 11.0. The van der Waals surface area contributed by atoms with Gasteiger partial charge in [0.05, 0.1) is 0 Å². The van der Waals surface area contributed by atoms with Crippen molar-refractivity contribution in [2.45, 2.75) is 33.1 Å². The highest BCUT2D eigenvalue weighted by Gasteiger charge is 2.08. The van der Waals surface area contributed by atoms with Crippen LogP contribution in [0, 0.1) is 0 Å². The van der Waals surface area contributed by atoms with Crippen molar-refractivity contribution >= 4 is 21.6 Å². The molecule has 80 valence electrons.